The Labute approximate surface area is 80.7 Å². The highest BCUT2D eigenvalue weighted by atomic mass is 35.5. The maximum Gasteiger partial charge on any atom is 0.164 e. The van der Waals surface area contributed by atoms with E-state index < -0.39 is 5.82 Å². The minimum absolute atomic E-state index is 0.0833. The fourth-order valence-electron chi connectivity index (χ4n) is 0.821. The Bertz CT molecular complexity index is 314. The first kappa shape index (κ1) is 10.2. The van der Waals surface area contributed by atoms with Crippen LogP contribution in [0, 0.1) is 5.82 Å². The van der Waals surface area contributed by atoms with Crippen LogP contribution in [0.5, 0.6) is 0 Å². The number of halogens is 2. The van der Waals surface area contributed by atoms with Crippen LogP contribution < -0.4 is 0 Å². The number of aliphatic hydroxyl groups is 1. The molecule has 2 nitrogen and oxygen atoms in total. The first-order chi connectivity index (χ1) is 6.24. The van der Waals surface area contributed by atoms with Crippen molar-refractivity contribution in [2.24, 2.45) is 0 Å². The molecule has 1 N–H and O–H groups in total. The van der Waals surface area contributed by atoms with E-state index in [-0.39, 0.29) is 11.8 Å². The highest BCUT2D eigenvalue weighted by molar-refractivity contribution is 6.29. The topological polar surface area (TPSA) is 33.1 Å². The smallest absolute Gasteiger partial charge is 0.164 e. The van der Waals surface area contributed by atoms with Crippen LogP contribution in [-0.2, 0) is 0 Å². The van der Waals surface area contributed by atoms with E-state index in [1.807, 2.05) is 0 Å². The Hall–Kier alpha value is -0.930. The molecule has 0 unspecified atom stereocenters. The van der Waals surface area contributed by atoms with Gasteiger partial charge in [-0.1, -0.05) is 23.8 Å². The molecule has 70 valence electrons. The van der Waals surface area contributed by atoms with E-state index in [0.717, 1.165) is 0 Å². The largest absolute Gasteiger partial charge is 0.396 e. The number of pyridine rings is 1. The molecule has 0 atom stereocenters. The maximum absolute atomic E-state index is 12.8. The molecule has 0 saturated heterocycles. The fraction of sp³-hybridized carbons (Fsp3) is 0.222. The zero-order valence-electron chi connectivity index (χ0n) is 6.87. The van der Waals surface area contributed by atoms with Gasteiger partial charge in [-0.15, -0.1) is 0 Å². The molecule has 0 fully saturated rings. The third-order valence-electron chi connectivity index (χ3n) is 1.42. The molecule has 0 aliphatic rings. The van der Waals surface area contributed by atoms with Crippen LogP contribution in [0.2, 0.25) is 5.15 Å². The zero-order chi connectivity index (χ0) is 9.68. The molecule has 0 saturated carbocycles. The second kappa shape index (κ2) is 4.94. The normalized spacial score (nSPS) is 11.0. The first-order valence-electron chi connectivity index (χ1n) is 3.82. The van der Waals surface area contributed by atoms with Crippen LogP contribution in [0.4, 0.5) is 4.39 Å². The lowest BCUT2D eigenvalue weighted by molar-refractivity contribution is 0.303. The van der Waals surface area contributed by atoms with Crippen molar-refractivity contribution in [3.8, 4) is 0 Å². The van der Waals surface area contributed by atoms with Gasteiger partial charge >= 0.3 is 0 Å². The van der Waals surface area contributed by atoms with Gasteiger partial charge in [-0.25, -0.2) is 9.37 Å². The molecule has 0 amide bonds. The SMILES string of the molecule is OCCC=Cc1cnc(Cl)c(F)c1. The van der Waals surface area contributed by atoms with Crippen molar-refractivity contribution >= 4 is 17.7 Å². The van der Waals surface area contributed by atoms with Gasteiger partial charge in [0.1, 0.15) is 0 Å². The summed E-state index contributed by atoms with van der Waals surface area (Å²) in [5, 5.41) is 8.36. The van der Waals surface area contributed by atoms with E-state index in [1.165, 1.54) is 12.3 Å². The van der Waals surface area contributed by atoms with Crippen LogP contribution in [0.25, 0.3) is 6.08 Å². The summed E-state index contributed by atoms with van der Waals surface area (Å²) in [6.45, 7) is 0.0833. The third kappa shape index (κ3) is 3.13. The number of aromatic nitrogens is 1. The van der Waals surface area contributed by atoms with Gasteiger partial charge in [-0.2, -0.15) is 0 Å². The second-order valence-electron chi connectivity index (χ2n) is 2.46. The maximum atomic E-state index is 12.8. The molecule has 0 aliphatic heterocycles. The summed E-state index contributed by atoms with van der Waals surface area (Å²) in [7, 11) is 0. The number of rotatable bonds is 3. The minimum Gasteiger partial charge on any atom is -0.396 e. The molecule has 4 heteroatoms. The van der Waals surface area contributed by atoms with E-state index in [1.54, 1.807) is 12.2 Å². The van der Waals surface area contributed by atoms with Crippen molar-refractivity contribution in [3.05, 3.63) is 34.9 Å². The van der Waals surface area contributed by atoms with Crippen molar-refractivity contribution in [2.45, 2.75) is 6.42 Å². The second-order valence-corrected chi connectivity index (χ2v) is 2.81. The molecular weight excluding hydrogens is 193 g/mol. The Kier molecular flexibility index (Phi) is 3.86. The van der Waals surface area contributed by atoms with Crippen molar-refractivity contribution in [1.29, 1.82) is 0 Å². The van der Waals surface area contributed by atoms with Crippen LogP contribution in [0.1, 0.15) is 12.0 Å². The van der Waals surface area contributed by atoms with Crippen LogP contribution in [0.15, 0.2) is 18.3 Å². The van der Waals surface area contributed by atoms with E-state index in [0.29, 0.717) is 12.0 Å². The summed E-state index contributed by atoms with van der Waals surface area (Å²) in [6, 6.07) is 1.29. The van der Waals surface area contributed by atoms with Crippen molar-refractivity contribution in [3.63, 3.8) is 0 Å². The molecular formula is C9H9ClFNO. The summed E-state index contributed by atoms with van der Waals surface area (Å²) in [5.74, 6) is -0.534. The van der Waals surface area contributed by atoms with Gasteiger partial charge in [0.25, 0.3) is 0 Å². The Morgan fingerprint density at radius 2 is 2.38 bits per heavy atom. The van der Waals surface area contributed by atoms with Crippen molar-refractivity contribution in [2.75, 3.05) is 6.61 Å². The lowest BCUT2D eigenvalue weighted by atomic mass is 10.2. The molecule has 0 bridgehead atoms. The van der Waals surface area contributed by atoms with Crippen LogP contribution >= 0.6 is 11.6 Å². The predicted molar refractivity (Wildman–Crippen MR) is 49.9 cm³/mol. The highest BCUT2D eigenvalue weighted by Crippen LogP contribution is 2.12. The summed E-state index contributed by atoms with van der Waals surface area (Å²) < 4.78 is 12.8. The molecule has 0 aromatic carbocycles. The van der Waals surface area contributed by atoms with E-state index in [9.17, 15) is 4.39 Å². The number of hydrogen-bond acceptors (Lipinski definition) is 2. The van der Waals surface area contributed by atoms with Gasteiger partial charge in [0.2, 0.25) is 0 Å². The highest BCUT2D eigenvalue weighted by Gasteiger charge is 1.99. The fourth-order valence-corrected chi connectivity index (χ4v) is 0.924. The third-order valence-corrected chi connectivity index (χ3v) is 1.70. The van der Waals surface area contributed by atoms with E-state index in [2.05, 4.69) is 4.98 Å². The quantitative estimate of drug-likeness (QED) is 0.762. The average Bonchev–Trinajstić information content (AvgIpc) is 2.12. The van der Waals surface area contributed by atoms with E-state index >= 15 is 0 Å². The van der Waals surface area contributed by atoms with Crippen LogP contribution in [-0.4, -0.2) is 16.7 Å². The van der Waals surface area contributed by atoms with E-state index in [4.69, 9.17) is 16.7 Å². The lowest BCUT2D eigenvalue weighted by Crippen LogP contribution is -1.84. The van der Waals surface area contributed by atoms with Gasteiger partial charge in [0.05, 0.1) is 0 Å². The number of nitrogens with zero attached hydrogens (tertiary/aromatic N) is 1. The van der Waals surface area contributed by atoms with Gasteiger partial charge in [-0.3, -0.25) is 0 Å². The molecule has 1 heterocycles. The molecule has 0 spiro atoms. The Morgan fingerprint density at radius 3 is 3.00 bits per heavy atom. The minimum atomic E-state index is -0.534. The number of hydrogen-bond donors (Lipinski definition) is 1. The molecule has 13 heavy (non-hydrogen) atoms. The van der Waals surface area contributed by atoms with Gasteiger partial charge in [0.15, 0.2) is 11.0 Å². The number of aliphatic hydroxyl groups excluding tert-OH is 1. The summed E-state index contributed by atoms with van der Waals surface area (Å²) in [5.41, 5.74) is 0.635. The predicted octanol–water partition coefficient (Wildman–Crippen LogP) is 2.27. The average molecular weight is 202 g/mol. The molecule has 1 aromatic heterocycles. The zero-order valence-corrected chi connectivity index (χ0v) is 7.63. The molecule has 0 radical (unpaired) electrons. The van der Waals surface area contributed by atoms with Gasteiger partial charge in [-0.05, 0) is 18.1 Å². The molecule has 1 rings (SSSR count). The Balaban J connectivity index is 2.73. The first-order valence-corrected chi connectivity index (χ1v) is 4.20. The van der Waals surface area contributed by atoms with Gasteiger partial charge in [0, 0.05) is 12.8 Å². The molecule has 0 aliphatic carbocycles. The monoisotopic (exact) mass is 201 g/mol. The van der Waals surface area contributed by atoms with Gasteiger partial charge < -0.3 is 5.11 Å². The summed E-state index contributed by atoms with van der Waals surface area (Å²) in [4.78, 5) is 3.63. The lowest BCUT2D eigenvalue weighted by Gasteiger charge is -1.94. The van der Waals surface area contributed by atoms with Crippen molar-refractivity contribution in [1.82, 2.24) is 4.98 Å². The standard InChI is InChI=1S/C9H9ClFNO/c10-9-8(11)5-7(6-12-9)3-1-2-4-13/h1,3,5-6,13H,2,4H2. The van der Waals surface area contributed by atoms with Crippen molar-refractivity contribution < 1.29 is 9.50 Å². The van der Waals surface area contributed by atoms with Crippen LogP contribution in [0.3, 0.4) is 0 Å². The Morgan fingerprint density at radius 1 is 1.62 bits per heavy atom. The summed E-state index contributed by atoms with van der Waals surface area (Å²) >= 11 is 5.39. The molecule has 1 aromatic rings. The summed E-state index contributed by atoms with van der Waals surface area (Å²) in [6.07, 6.45) is 5.44.